The van der Waals surface area contributed by atoms with Gasteiger partial charge in [0.05, 0.1) is 5.39 Å². The molecule has 106 valence electrons. The minimum atomic E-state index is -3.33. The summed E-state index contributed by atoms with van der Waals surface area (Å²) in [5.74, 6) is 0. The maximum Gasteiger partial charge on any atom is 0.279 e. The van der Waals surface area contributed by atoms with Crippen LogP contribution in [0.15, 0.2) is 52.4 Å². The van der Waals surface area contributed by atoms with E-state index in [0.717, 1.165) is 11.0 Å². The van der Waals surface area contributed by atoms with E-state index in [4.69, 9.17) is 0 Å². The molecule has 3 aromatic rings. The van der Waals surface area contributed by atoms with Gasteiger partial charge >= 0.3 is 0 Å². The molecule has 0 atom stereocenters. The summed E-state index contributed by atoms with van der Waals surface area (Å²) in [5, 5.41) is 1.10. The second-order valence-corrected chi connectivity index (χ2v) is 7.47. The smallest absolute Gasteiger partial charge is 0.267 e. The topological polar surface area (TPSA) is 77.0 Å². The Morgan fingerprint density at radius 2 is 1.86 bits per heavy atom. The van der Waals surface area contributed by atoms with E-state index in [0.29, 0.717) is 16.0 Å². The molecule has 0 saturated carbocycles. The molecule has 2 heterocycles. The zero-order valence-electron chi connectivity index (χ0n) is 11.0. The van der Waals surface area contributed by atoms with E-state index in [2.05, 4.69) is 9.97 Å². The van der Waals surface area contributed by atoms with Crippen LogP contribution in [0.4, 0.5) is 0 Å². The average molecular weight is 318 g/mol. The lowest BCUT2D eigenvalue weighted by atomic mass is 10.3. The van der Waals surface area contributed by atoms with E-state index in [9.17, 15) is 13.2 Å². The second-order valence-electron chi connectivity index (χ2n) is 4.48. The zero-order chi connectivity index (χ0) is 15.0. The van der Waals surface area contributed by atoms with Crippen molar-refractivity contribution >= 4 is 31.3 Å². The minimum Gasteiger partial charge on any atom is -0.267 e. The van der Waals surface area contributed by atoms with Crippen molar-refractivity contribution in [2.75, 3.05) is 6.26 Å². The van der Waals surface area contributed by atoms with Gasteiger partial charge in [0.15, 0.2) is 14.9 Å². The Morgan fingerprint density at radius 3 is 2.52 bits per heavy atom. The van der Waals surface area contributed by atoms with Crippen LogP contribution in [-0.4, -0.2) is 24.6 Å². The van der Waals surface area contributed by atoms with Crippen molar-refractivity contribution in [1.29, 1.82) is 0 Å². The Labute approximate surface area is 124 Å². The molecule has 1 aromatic carbocycles. The molecule has 0 unspecified atom stereocenters. The molecule has 0 aliphatic carbocycles. The molecule has 5 nitrogen and oxygen atoms in total. The fourth-order valence-corrected chi connectivity index (χ4v) is 3.41. The lowest BCUT2D eigenvalue weighted by Gasteiger charge is -2.02. The largest absolute Gasteiger partial charge is 0.279 e. The first kappa shape index (κ1) is 13.8. The van der Waals surface area contributed by atoms with E-state index >= 15 is 0 Å². The highest BCUT2D eigenvalue weighted by molar-refractivity contribution is 7.90. The number of rotatable bonds is 2. The standard InChI is InChI=1S/C14H10N2O3S2/c1-21(18,19)12-7-6-9(8-15-12)14-16-13(17)10-4-2-3-5-11(10)20-14/h2-8H,1H3. The van der Waals surface area contributed by atoms with Crippen molar-refractivity contribution in [2.45, 2.75) is 5.03 Å². The Morgan fingerprint density at radius 1 is 1.10 bits per heavy atom. The van der Waals surface area contributed by atoms with Crippen LogP contribution >= 0.6 is 11.3 Å². The van der Waals surface area contributed by atoms with Gasteiger partial charge in [-0.3, -0.25) is 4.79 Å². The van der Waals surface area contributed by atoms with E-state index in [1.165, 1.54) is 23.6 Å². The SMILES string of the molecule is CS(=O)(=O)c1ccc(-c2nc(=O)c3ccccc3s2)cn1. The lowest BCUT2D eigenvalue weighted by Crippen LogP contribution is -2.06. The summed E-state index contributed by atoms with van der Waals surface area (Å²) >= 11 is 1.37. The van der Waals surface area contributed by atoms with Crippen molar-refractivity contribution in [3.63, 3.8) is 0 Å². The van der Waals surface area contributed by atoms with Gasteiger partial charge < -0.3 is 0 Å². The summed E-state index contributed by atoms with van der Waals surface area (Å²) in [6.45, 7) is 0. The lowest BCUT2D eigenvalue weighted by molar-refractivity contribution is 0.598. The summed E-state index contributed by atoms with van der Waals surface area (Å²) < 4.78 is 23.6. The predicted molar refractivity (Wildman–Crippen MR) is 82.2 cm³/mol. The van der Waals surface area contributed by atoms with Crippen LogP contribution in [0.3, 0.4) is 0 Å². The van der Waals surface area contributed by atoms with E-state index in [1.54, 1.807) is 18.2 Å². The van der Waals surface area contributed by atoms with Crippen LogP contribution in [0.5, 0.6) is 0 Å². The Kier molecular flexibility index (Phi) is 3.30. The Hall–Kier alpha value is -2.12. The van der Waals surface area contributed by atoms with Crippen molar-refractivity contribution < 1.29 is 8.42 Å². The first-order chi connectivity index (χ1) is 9.95. The van der Waals surface area contributed by atoms with Gasteiger partial charge in [-0.15, -0.1) is 11.3 Å². The number of hydrogen-bond acceptors (Lipinski definition) is 6. The molecule has 21 heavy (non-hydrogen) atoms. The zero-order valence-corrected chi connectivity index (χ0v) is 12.6. The van der Waals surface area contributed by atoms with Crippen LogP contribution in [0.25, 0.3) is 20.7 Å². The van der Waals surface area contributed by atoms with Gasteiger partial charge in [-0.1, -0.05) is 12.1 Å². The van der Waals surface area contributed by atoms with Gasteiger partial charge in [0, 0.05) is 22.7 Å². The molecule has 3 rings (SSSR count). The van der Waals surface area contributed by atoms with Crippen LogP contribution in [-0.2, 0) is 9.84 Å². The summed E-state index contributed by atoms with van der Waals surface area (Å²) in [4.78, 5) is 19.9. The molecule has 0 saturated heterocycles. The maximum absolute atomic E-state index is 12.0. The number of hydrogen-bond donors (Lipinski definition) is 0. The van der Waals surface area contributed by atoms with Gasteiger partial charge in [0.2, 0.25) is 0 Å². The molecule has 0 aliphatic rings. The molecule has 0 radical (unpaired) electrons. The number of pyridine rings is 1. The number of fused-ring (bicyclic) bond motifs is 1. The summed E-state index contributed by atoms with van der Waals surface area (Å²) in [6.07, 6.45) is 2.52. The summed E-state index contributed by atoms with van der Waals surface area (Å²) in [6, 6.07) is 10.3. The Balaban J connectivity index is 2.15. The van der Waals surface area contributed by atoms with E-state index in [-0.39, 0.29) is 10.6 Å². The highest BCUT2D eigenvalue weighted by atomic mass is 32.2. The van der Waals surface area contributed by atoms with Gasteiger partial charge in [0.1, 0.15) is 5.01 Å². The molecule has 0 bridgehead atoms. The minimum absolute atomic E-state index is 0.000568. The molecule has 0 fully saturated rings. The van der Waals surface area contributed by atoms with E-state index < -0.39 is 9.84 Å². The summed E-state index contributed by atoms with van der Waals surface area (Å²) in [5.41, 5.74) is 0.321. The van der Waals surface area contributed by atoms with Crippen LogP contribution in [0, 0.1) is 0 Å². The molecular formula is C14H10N2O3S2. The van der Waals surface area contributed by atoms with Gasteiger partial charge in [-0.25, -0.2) is 13.4 Å². The van der Waals surface area contributed by atoms with Gasteiger partial charge in [-0.05, 0) is 24.3 Å². The monoisotopic (exact) mass is 318 g/mol. The molecule has 2 aromatic heterocycles. The van der Waals surface area contributed by atoms with Crippen LogP contribution in [0.2, 0.25) is 0 Å². The third-order valence-corrected chi connectivity index (χ3v) is 4.99. The normalized spacial score (nSPS) is 11.7. The van der Waals surface area contributed by atoms with Crippen LogP contribution < -0.4 is 5.56 Å². The number of nitrogens with zero attached hydrogens (tertiary/aromatic N) is 2. The van der Waals surface area contributed by atoms with Crippen molar-refractivity contribution in [3.8, 4) is 10.6 Å². The van der Waals surface area contributed by atoms with Gasteiger partial charge in [0.25, 0.3) is 5.56 Å². The quantitative estimate of drug-likeness (QED) is 0.723. The molecule has 0 amide bonds. The number of benzene rings is 1. The van der Waals surface area contributed by atoms with Crippen molar-refractivity contribution in [1.82, 2.24) is 9.97 Å². The summed E-state index contributed by atoms with van der Waals surface area (Å²) in [7, 11) is -3.33. The van der Waals surface area contributed by atoms with Crippen LogP contribution in [0.1, 0.15) is 0 Å². The number of aromatic nitrogens is 2. The first-order valence-corrected chi connectivity index (χ1v) is 8.72. The third kappa shape index (κ3) is 2.70. The van der Waals surface area contributed by atoms with E-state index in [1.807, 2.05) is 12.1 Å². The Bertz CT molecular complexity index is 977. The first-order valence-electron chi connectivity index (χ1n) is 6.01. The van der Waals surface area contributed by atoms with Gasteiger partial charge in [-0.2, -0.15) is 4.98 Å². The highest BCUT2D eigenvalue weighted by Crippen LogP contribution is 2.25. The van der Waals surface area contributed by atoms with Crippen molar-refractivity contribution in [2.24, 2.45) is 0 Å². The maximum atomic E-state index is 12.0. The highest BCUT2D eigenvalue weighted by Gasteiger charge is 2.11. The number of sulfone groups is 1. The predicted octanol–water partition coefficient (Wildman–Crippen LogP) is 2.12. The average Bonchev–Trinajstić information content (AvgIpc) is 2.46. The molecule has 7 heteroatoms. The molecule has 0 spiro atoms. The third-order valence-electron chi connectivity index (χ3n) is 2.89. The molecule has 0 N–H and O–H groups in total. The van der Waals surface area contributed by atoms with Crippen molar-refractivity contribution in [3.05, 3.63) is 52.9 Å². The molecular weight excluding hydrogens is 308 g/mol. The fraction of sp³-hybridized carbons (Fsp3) is 0.0714. The fourth-order valence-electron chi connectivity index (χ4n) is 1.86. The second kappa shape index (κ2) is 5.01. The molecule has 0 aliphatic heterocycles.